The van der Waals surface area contributed by atoms with Crippen LogP contribution in [0.4, 0.5) is 11.4 Å². The molecule has 2 amide bonds. The third kappa shape index (κ3) is 4.17. The number of ether oxygens (including phenoxy) is 1. The van der Waals surface area contributed by atoms with Crippen molar-refractivity contribution in [1.29, 1.82) is 0 Å². The first-order valence-corrected chi connectivity index (χ1v) is 9.64. The number of nitrogens with zero attached hydrogens (tertiary/aromatic N) is 1. The number of imide groups is 1. The summed E-state index contributed by atoms with van der Waals surface area (Å²) < 4.78 is 4.97. The summed E-state index contributed by atoms with van der Waals surface area (Å²) in [5.41, 5.74) is 2.28. The first-order chi connectivity index (χ1) is 13.8. The Morgan fingerprint density at radius 2 is 1.79 bits per heavy atom. The molecule has 0 unspecified atom stereocenters. The van der Waals surface area contributed by atoms with Crippen LogP contribution in [0.5, 0.6) is 0 Å². The second-order valence-corrected chi connectivity index (χ2v) is 7.19. The Kier molecular flexibility index (Phi) is 6.03. The highest BCUT2D eigenvalue weighted by Crippen LogP contribution is 2.31. The second-order valence-electron chi connectivity index (χ2n) is 6.81. The summed E-state index contributed by atoms with van der Waals surface area (Å²) in [5.74, 6) is -1.40. The monoisotopic (exact) mass is 412 g/mol. The molecule has 0 aromatic heterocycles. The number of carbonyl (C=O) groups excluding carboxylic acids is 3. The molecule has 0 aliphatic carbocycles. The number of hydrogen-bond acceptors (Lipinski definition) is 5. The van der Waals surface area contributed by atoms with E-state index >= 15 is 0 Å². The summed E-state index contributed by atoms with van der Waals surface area (Å²) in [6.45, 7) is 6.10. The molecule has 0 radical (unpaired) electrons. The minimum atomic E-state index is -0.654. The number of carbonyl (C=O) groups is 3. The smallest absolute Gasteiger partial charge is 0.338 e. The molecule has 0 saturated heterocycles. The van der Waals surface area contributed by atoms with Crippen molar-refractivity contribution >= 4 is 40.8 Å². The van der Waals surface area contributed by atoms with Crippen LogP contribution in [-0.4, -0.2) is 24.4 Å². The highest BCUT2D eigenvalue weighted by Gasteiger charge is 2.39. The van der Waals surface area contributed by atoms with Gasteiger partial charge in [-0.25, -0.2) is 9.69 Å². The topological polar surface area (TPSA) is 75.7 Å². The summed E-state index contributed by atoms with van der Waals surface area (Å²) in [5, 5.41) is 2.73. The Morgan fingerprint density at radius 1 is 1.10 bits per heavy atom. The molecular weight excluding hydrogens is 392 g/mol. The molecule has 7 heteroatoms. The van der Waals surface area contributed by atoms with E-state index in [9.17, 15) is 14.4 Å². The van der Waals surface area contributed by atoms with Gasteiger partial charge in [-0.2, -0.15) is 0 Å². The third-order valence-electron chi connectivity index (χ3n) is 4.49. The van der Waals surface area contributed by atoms with Gasteiger partial charge in [0, 0.05) is 5.69 Å². The predicted molar refractivity (Wildman–Crippen MR) is 112 cm³/mol. The number of halogens is 1. The average molecular weight is 413 g/mol. The Hall–Kier alpha value is -3.12. The van der Waals surface area contributed by atoms with E-state index in [-0.39, 0.29) is 28.6 Å². The molecule has 29 heavy (non-hydrogen) atoms. The van der Waals surface area contributed by atoms with Gasteiger partial charge < -0.3 is 10.1 Å². The van der Waals surface area contributed by atoms with Crippen LogP contribution in [0.25, 0.3) is 0 Å². The fraction of sp³-hybridized carbons (Fsp3) is 0.227. The number of esters is 1. The Bertz CT molecular complexity index is 996. The lowest BCUT2D eigenvalue weighted by atomic mass is 10.0. The van der Waals surface area contributed by atoms with Gasteiger partial charge in [0.25, 0.3) is 11.8 Å². The third-order valence-corrected chi connectivity index (χ3v) is 4.84. The van der Waals surface area contributed by atoms with Gasteiger partial charge in [0.05, 0.1) is 17.9 Å². The summed E-state index contributed by atoms with van der Waals surface area (Å²) in [6, 6.07) is 13.7. The molecule has 2 aromatic rings. The lowest BCUT2D eigenvalue weighted by molar-refractivity contribution is -0.120. The predicted octanol–water partition coefficient (Wildman–Crippen LogP) is 4.42. The van der Waals surface area contributed by atoms with Gasteiger partial charge >= 0.3 is 5.97 Å². The van der Waals surface area contributed by atoms with Crippen LogP contribution < -0.4 is 10.2 Å². The average Bonchev–Trinajstić information content (AvgIpc) is 2.92. The van der Waals surface area contributed by atoms with Crippen molar-refractivity contribution in [2.24, 2.45) is 0 Å². The molecule has 1 aliphatic rings. The van der Waals surface area contributed by atoms with Gasteiger partial charge in [-0.1, -0.05) is 43.6 Å². The van der Waals surface area contributed by atoms with Gasteiger partial charge in [-0.15, -0.1) is 0 Å². The minimum Gasteiger partial charge on any atom is -0.462 e. The molecule has 0 atom stereocenters. The summed E-state index contributed by atoms with van der Waals surface area (Å²) >= 11 is 6.17. The van der Waals surface area contributed by atoms with Crippen molar-refractivity contribution in [1.82, 2.24) is 0 Å². The van der Waals surface area contributed by atoms with E-state index in [0.29, 0.717) is 11.6 Å². The maximum Gasteiger partial charge on any atom is 0.338 e. The molecule has 150 valence electrons. The molecule has 6 nitrogen and oxygen atoms in total. The van der Waals surface area contributed by atoms with Crippen molar-refractivity contribution in [3.63, 3.8) is 0 Å². The zero-order valence-electron chi connectivity index (χ0n) is 16.4. The Balaban J connectivity index is 1.85. The fourth-order valence-electron chi connectivity index (χ4n) is 2.93. The van der Waals surface area contributed by atoms with Gasteiger partial charge in [-0.05, 0) is 48.7 Å². The van der Waals surface area contributed by atoms with Crippen molar-refractivity contribution in [2.45, 2.75) is 26.7 Å². The molecular formula is C22H21ClN2O4. The van der Waals surface area contributed by atoms with Crippen LogP contribution in [0.1, 0.15) is 42.6 Å². The van der Waals surface area contributed by atoms with E-state index < -0.39 is 17.8 Å². The van der Waals surface area contributed by atoms with Gasteiger partial charge in [0.2, 0.25) is 0 Å². The van der Waals surface area contributed by atoms with Crippen LogP contribution in [0.3, 0.4) is 0 Å². The Morgan fingerprint density at radius 3 is 2.41 bits per heavy atom. The molecule has 3 rings (SSSR count). The van der Waals surface area contributed by atoms with E-state index in [0.717, 1.165) is 10.5 Å². The molecule has 1 heterocycles. The number of anilines is 2. The largest absolute Gasteiger partial charge is 0.462 e. The van der Waals surface area contributed by atoms with E-state index in [2.05, 4.69) is 19.2 Å². The van der Waals surface area contributed by atoms with Gasteiger partial charge in [0.1, 0.15) is 10.7 Å². The first-order valence-electron chi connectivity index (χ1n) is 9.26. The number of hydrogen-bond donors (Lipinski definition) is 1. The molecule has 0 saturated carbocycles. The van der Waals surface area contributed by atoms with Crippen molar-refractivity contribution in [3.05, 3.63) is 70.4 Å². The molecule has 0 bridgehead atoms. The van der Waals surface area contributed by atoms with Crippen LogP contribution in [0.15, 0.2) is 59.3 Å². The minimum absolute atomic E-state index is 0.00417. The Labute approximate surface area is 174 Å². The number of amides is 2. The lowest BCUT2D eigenvalue weighted by Gasteiger charge is -2.16. The highest BCUT2D eigenvalue weighted by atomic mass is 35.5. The number of benzene rings is 2. The molecule has 1 aliphatic heterocycles. The second kappa shape index (κ2) is 8.49. The first kappa shape index (κ1) is 20.6. The maximum atomic E-state index is 12.9. The van der Waals surface area contributed by atoms with E-state index in [1.165, 1.54) is 6.07 Å². The number of rotatable bonds is 6. The normalized spacial score (nSPS) is 14.0. The van der Waals surface area contributed by atoms with Crippen molar-refractivity contribution in [3.8, 4) is 0 Å². The summed E-state index contributed by atoms with van der Waals surface area (Å²) in [7, 11) is 0. The van der Waals surface area contributed by atoms with Crippen LogP contribution >= 0.6 is 11.6 Å². The standard InChI is InChI=1S/C22H21ClN2O4/c1-4-29-22(28)15-6-5-7-17(12-15)25-20(26)18(23)19(21(25)27)24-16-10-8-14(9-11-16)13(2)3/h5-13,24H,4H2,1-3H3. The summed E-state index contributed by atoms with van der Waals surface area (Å²) in [4.78, 5) is 38.4. The fourth-order valence-corrected chi connectivity index (χ4v) is 3.14. The lowest BCUT2D eigenvalue weighted by Crippen LogP contribution is -2.32. The van der Waals surface area contributed by atoms with Gasteiger partial charge in [0.15, 0.2) is 0 Å². The van der Waals surface area contributed by atoms with Crippen molar-refractivity contribution < 1.29 is 19.1 Å². The van der Waals surface area contributed by atoms with E-state index in [1.807, 2.05) is 24.3 Å². The van der Waals surface area contributed by atoms with Crippen LogP contribution in [0.2, 0.25) is 0 Å². The maximum absolute atomic E-state index is 12.9. The van der Waals surface area contributed by atoms with Crippen LogP contribution in [0, 0.1) is 0 Å². The quantitative estimate of drug-likeness (QED) is 0.561. The summed E-state index contributed by atoms with van der Waals surface area (Å²) in [6.07, 6.45) is 0. The zero-order valence-corrected chi connectivity index (χ0v) is 17.1. The van der Waals surface area contributed by atoms with E-state index in [1.54, 1.807) is 25.1 Å². The van der Waals surface area contributed by atoms with Gasteiger partial charge in [-0.3, -0.25) is 9.59 Å². The molecule has 1 N–H and O–H groups in total. The molecule has 2 aromatic carbocycles. The highest BCUT2D eigenvalue weighted by molar-refractivity contribution is 6.53. The van der Waals surface area contributed by atoms with Crippen molar-refractivity contribution in [2.75, 3.05) is 16.8 Å². The zero-order chi connectivity index (χ0) is 21.1. The van der Waals surface area contributed by atoms with Crippen LogP contribution in [-0.2, 0) is 14.3 Å². The number of nitrogens with one attached hydrogen (secondary N) is 1. The SMILES string of the molecule is CCOC(=O)c1cccc(N2C(=O)C(Cl)=C(Nc3ccc(C(C)C)cc3)C2=O)c1. The molecule has 0 fully saturated rings. The van der Waals surface area contributed by atoms with E-state index in [4.69, 9.17) is 16.3 Å². The molecule has 0 spiro atoms.